The van der Waals surface area contributed by atoms with E-state index in [4.69, 9.17) is 4.74 Å². The minimum Gasteiger partial charge on any atom is -0.494 e. The molecule has 0 saturated heterocycles. The number of carbonyl (C=O) groups excluding carboxylic acids is 1. The van der Waals surface area contributed by atoms with Crippen LogP contribution in [0, 0.1) is 0 Å². The number of hydrogen-bond acceptors (Lipinski definition) is 5. The quantitative estimate of drug-likeness (QED) is 0.631. The average molecular weight is 423 g/mol. The zero-order chi connectivity index (χ0) is 20.8. The SMILES string of the molecule is CCOc1ccc(SCC(=O)Nc2cccc(S(=O)(=O)NC(C)(C)C)c2)cc1. The van der Waals surface area contributed by atoms with Crippen LogP contribution >= 0.6 is 11.8 Å². The number of ether oxygens (including phenoxy) is 1. The van der Waals surface area contributed by atoms with Gasteiger partial charge in [0.05, 0.1) is 17.3 Å². The lowest BCUT2D eigenvalue weighted by molar-refractivity contribution is -0.113. The molecule has 8 heteroatoms. The van der Waals surface area contributed by atoms with Crippen molar-refractivity contribution in [3.05, 3.63) is 48.5 Å². The van der Waals surface area contributed by atoms with Gasteiger partial charge in [0.2, 0.25) is 15.9 Å². The first-order valence-corrected chi connectivity index (χ1v) is 11.4. The lowest BCUT2D eigenvalue weighted by Crippen LogP contribution is -2.40. The highest BCUT2D eigenvalue weighted by molar-refractivity contribution is 8.00. The summed E-state index contributed by atoms with van der Waals surface area (Å²) in [5.41, 5.74) is -0.152. The van der Waals surface area contributed by atoms with Crippen LogP contribution in [-0.2, 0) is 14.8 Å². The van der Waals surface area contributed by atoms with Gasteiger partial charge in [0.1, 0.15) is 5.75 Å². The fourth-order valence-corrected chi connectivity index (χ4v) is 4.51. The van der Waals surface area contributed by atoms with Crippen molar-refractivity contribution in [1.82, 2.24) is 4.72 Å². The van der Waals surface area contributed by atoms with Gasteiger partial charge in [-0.05, 0) is 70.2 Å². The van der Waals surface area contributed by atoms with E-state index in [2.05, 4.69) is 10.0 Å². The summed E-state index contributed by atoms with van der Waals surface area (Å²) >= 11 is 1.39. The highest BCUT2D eigenvalue weighted by Crippen LogP contribution is 2.22. The van der Waals surface area contributed by atoms with Gasteiger partial charge < -0.3 is 10.1 Å². The van der Waals surface area contributed by atoms with Crippen molar-refractivity contribution < 1.29 is 17.9 Å². The summed E-state index contributed by atoms with van der Waals surface area (Å²) in [5.74, 6) is 0.793. The van der Waals surface area contributed by atoms with Crippen LogP contribution in [0.2, 0.25) is 0 Å². The van der Waals surface area contributed by atoms with E-state index in [1.54, 1.807) is 32.9 Å². The maximum absolute atomic E-state index is 12.4. The van der Waals surface area contributed by atoms with Crippen molar-refractivity contribution in [2.24, 2.45) is 0 Å². The summed E-state index contributed by atoms with van der Waals surface area (Å²) < 4.78 is 32.9. The molecule has 1 amide bonds. The summed E-state index contributed by atoms with van der Waals surface area (Å²) in [4.78, 5) is 13.3. The zero-order valence-corrected chi connectivity index (χ0v) is 18.1. The first-order valence-electron chi connectivity index (χ1n) is 8.88. The summed E-state index contributed by atoms with van der Waals surface area (Å²) in [6.45, 7) is 7.85. The molecule has 0 bridgehead atoms. The van der Waals surface area contributed by atoms with Crippen LogP contribution < -0.4 is 14.8 Å². The third kappa shape index (κ3) is 7.18. The van der Waals surface area contributed by atoms with Gasteiger partial charge >= 0.3 is 0 Å². The molecule has 0 unspecified atom stereocenters. The number of benzene rings is 2. The standard InChI is InChI=1S/C20H26N2O4S2/c1-5-26-16-9-11-17(12-10-16)27-14-19(23)21-15-7-6-8-18(13-15)28(24,25)22-20(2,3)4/h6-13,22H,5,14H2,1-4H3,(H,21,23). The number of thioether (sulfide) groups is 1. The molecule has 152 valence electrons. The molecule has 28 heavy (non-hydrogen) atoms. The summed E-state index contributed by atoms with van der Waals surface area (Å²) in [6, 6.07) is 13.7. The topological polar surface area (TPSA) is 84.5 Å². The molecule has 0 radical (unpaired) electrons. The van der Waals surface area contributed by atoms with E-state index in [1.807, 2.05) is 31.2 Å². The monoisotopic (exact) mass is 422 g/mol. The van der Waals surface area contributed by atoms with Crippen LogP contribution in [0.15, 0.2) is 58.3 Å². The van der Waals surface area contributed by atoms with Gasteiger partial charge in [0, 0.05) is 16.1 Å². The zero-order valence-electron chi connectivity index (χ0n) is 16.5. The van der Waals surface area contributed by atoms with Gasteiger partial charge in [-0.3, -0.25) is 4.79 Å². The van der Waals surface area contributed by atoms with Gasteiger partial charge in [-0.25, -0.2) is 13.1 Å². The van der Waals surface area contributed by atoms with Crippen molar-refractivity contribution >= 4 is 33.4 Å². The van der Waals surface area contributed by atoms with Crippen molar-refractivity contribution in [3.8, 4) is 5.75 Å². The Morgan fingerprint density at radius 1 is 1.11 bits per heavy atom. The number of rotatable bonds is 8. The van der Waals surface area contributed by atoms with Crippen molar-refractivity contribution in [2.75, 3.05) is 17.7 Å². The molecule has 0 fully saturated rings. The maximum atomic E-state index is 12.4. The molecule has 0 atom stereocenters. The molecule has 0 aliphatic rings. The molecule has 2 aromatic rings. The van der Waals surface area contributed by atoms with Crippen LogP contribution in [0.25, 0.3) is 0 Å². The van der Waals surface area contributed by atoms with E-state index in [0.717, 1.165) is 10.6 Å². The van der Waals surface area contributed by atoms with Crippen LogP contribution in [0.4, 0.5) is 5.69 Å². The number of hydrogen-bond donors (Lipinski definition) is 2. The normalized spacial score (nSPS) is 11.9. The highest BCUT2D eigenvalue weighted by atomic mass is 32.2. The van der Waals surface area contributed by atoms with E-state index in [9.17, 15) is 13.2 Å². The molecular formula is C20H26N2O4S2. The Labute approximate surface area is 171 Å². The number of nitrogens with one attached hydrogen (secondary N) is 2. The molecule has 2 rings (SSSR count). The predicted octanol–water partition coefficient (Wildman–Crippen LogP) is 3.89. The maximum Gasteiger partial charge on any atom is 0.241 e. The number of amides is 1. The van der Waals surface area contributed by atoms with Crippen molar-refractivity contribution in [2.45, 2.75) is 43.0 Å². The van der Waals surface area contributed by atoms with Crippen LogP contribution in [-0.4, -0.2) is 32.2 Å². The Hall–Kier alpha value is -2.03. The second-order valence-corrected chi connectivity index (χ2v) is 9.86. The lowest BCUT2D eigenvalue weighted by Gasteiger charge is -2.20. The first-order chi connectivity index (χ1) is 13.1. The van der Waals surface area contributed by atoms with Gasteiger partial charge in [-0.1, -0.05) is 6.07 Å². The largest absolute Gasteiger partial charge is 0.494 e. The Kier molecular flexibility index (Phi) is 7.51. The molecule has 6 nitrogen and oxygen atoms in total. The predicted molar refractivity (Wildman–Crippen MR) is 113 cm³/mol. The smallest absolute Gasteiger partial charge is 0.241 e. The van der Waals surface area contributed by atoms with Crippen LogP contribution in [0.3, 0.4) is 0 Å². The number of sulfonamides is 1. The summed E-state index contributed by atoms with van der Waals surface area (Å²) in [7, 11) is -3.66. The molecule has 0 heterocycles. The Morgan fingerprint density at radius 3 is 2.39 bits per heavy atom. The molecule has 0 saturated carbocycles. The third-order valence-corrected chi connectivity index (χ3v) is 6.14. The van der Waals surface area contributed by atoms with Crippen LogP contribution in [0.5, 0.6) is 5.75 Å². The molecule has 0 spiro atoms. The van der Waals surface area contributed by atoms with Gasteiger partial charge in [-0.2, -0.15) is 0 Å². The molecular weight excluding hydrogens is 396 g/mol. The van der Waals surface area contributed by atoms with E-state index in [1.165, 1.54) is 23.9 Å². The Balaban J connectivity index is 1.97. The minimum absolute atomic E-state index is 0.111. The van der Waals surface area contributed by atoms with E-state index >= 15 is 0 Å². The van der Waals surface area contributed by atoms with Crippen LogP contribution in [0.1, 0.15) is 27.7 Å². The second-order valence-electron chi connectivity index (χ2n) is 7.12. The fourth-order valence-electron chi connectivity index (χ4n) is 2.35. The minimum atomic E-state index is -3.66. The van der Waals surface area contributed by atoms with Gasteiger partial charge in [0.15, 0.2) is 0 Å². The van der Waals surface area contributed by atoms with E-state index < -0.39 is 15.6 Å². The summed E-state index contributed by atoms with van der Waals surface area (Å²) in [6.07, 6.45) is 0. The second kappa shape index (κ2) is 9.45. The summed E-state index contributed by atoms with van der Waals surface area (Å²) in [5, 5.41) is 2.74. The van der Waals surface area contributed by atoms with E-state index in [0.29, 0.717) is 12.3 Å². The van der Waals surface area contributed by atoms with Gasteiger partial charge in [0.25, 0.3) is 0 Å². The lowest BCUT2D eigenvalue weighted by atomic mass is 10.1. The molecule has 0 aromatic heterocycles. The highest BCUT2D eigenvalue weighted by Gasteiger charge is 2.22. The average Bonchev–Trinajstić information content (AvgIpc) is 2.60. The molecule has 2 N–H and O–H groups in total. The van der Waals surface area contributed by atoms with Gasteiger partial charge in [-0.15, -0.1) is 11.8 Å². The number of anilines is 1. The third-order valence-electron chi connectivity index (χ3n) is 3.37. The fraction of sp³-hybridized carbons (Fsp3) is 0.350. The Morgan fingerprint density at radius 2 is 1.79 bits per heavy atom. The number of carbonyl (C=O) groups is 1. The molecule has 0 aliphatic heterocycles. The van der Waals surface area contributed by atoms with E-state index in [-0.39, 0.29) is 16.6 Å². The first kappa shape index (κ1) is 22.3. The van der Waals surface area contributed by atoms with Crippen molar-refractivity contribution in [3.63, 3.8) is 0 Å². The van der Waals surface area contributed by atoms with Crippen molar-refractivity contribution in [1.29, 1.82) is 0 Å². The Bertz CT molecular complexity index is 905. The molecule has 2 aromatic carbocycles. The molecule has 0 aliphatic carbocycles.